The molecule has 0 aliphatic heterocycles. The molecule has 0 amide bonds. The first kappa shape index (κ1) is 13.8. The van der Waals surface area contributed by atoms with Crippen molar-refractivity contribution in [1.82, 2.24) is 9.97 Å². The second-order valence-corrected chi connectivity index (χ2v) is 5.58. The lowest BCUT2D eigenvalue weighted by molar-refractivity contribution is -0.142. The summed E-state index contributed by atoms with van der Waals surface area (Å²) < 4.78 is 0. The molecular weight excluding hydrogens is 266 g/mol. The topological polar surface area (TPSA) is 75.1 Å². The van der Waals surface area contributed by atoms with Crippen LogP contribution in [0.3, 0.4) is 0 Å². The Hall–Kier alpha value is -2.17. The third kappa shape index (κ3) is 3.12. The van der Waals surface area contributed by atoms with Crippen LogP contribution in [0.1, 0.15) is 32.1 Å². The Morgan fingerprint density at radius 2 is 1.90 bits per heavy atom. The molecule has 1 aliphatic rings. The average molecular weight is 285 g/mol. The normalized spacial score (nSPS) is 22.7. The molecule has 21 heavy (non-hydrogen) atoms. The fourth-order valence-electron chi connectivity index (χ4n) is 2.99. The summed E-state index contributed by atoms with van der Waals surface area (Å²) in [4.78, 5) is 20.3. The number of hydrogen-bond acceptors (Lipinski definition) is 4. The maximum absolute atomic E-state index is 11.4. The molecule has 2 unspecified atom stereocenters. The van der Waals surface area contributed by atoms with Gasteiger partial charge in [-0.25, -0.2) is 4.98 Å². The van der Waals surface area contributed by atoms with Crippen LogP contribution in [0.2, 0.25) is 0 Å². The first-order chi connectivity index (χ1) is 10.2. The molecule has 1 fully saturated rings. The van der Waals surface area contributed by atoms with Gasteiger partial charge in [-0.05, 0) is 25.0 Å². The van der Waals surface area contributed by atoms with Gasteiger partial charge in [0.1, 0.15) is 5.82 Å². The maximum Gasteiger partial charge on any atom is 0.308 e. The number of aliphatic carboxylic acids is 1. The van der Waals surface area contributed by atoms with Crippen molar-refractivity contribution in [3.05, 3.63) is 30.5 Å². The third-order valence-corrected chi connectivity index (χ3v) is 4.11. The highest BCUT2D eigenvalue weighted by molar-refractivity contribution is 5.75. The zero-order valence-corrected chi connectivity index (χ0v) is 11.8. The van der Waals surface area contributed by atoms with E-state index < -0.39 is 5.97 Å². The molecule has 1 aliphatic carbocycles. The second kappa shape index (κ2) is 6.08. The van der Waals surface area contributed by atoms with E-state index in [0.29, 0.717) is 5.82 Å². The first-order valence-corrected chi connectivity index (χ1v) is 7.45. The number of hydrogen-bond donors (Lipinski definition) is 2. The fourth-order valence-corrected chi connectivity index (χ4v) is 2.99. The van der Waals surface area contributed by atoms with Gasteiger partial charge in [0.15, 0.2) is 0 Å². The molecule has 110 valence electrons. The lowest BCUT2D eigenvalue weighted by Gasteiger charge is -2.23. The van der Waals surface area contributed by atoms with Crippen LogP contribution in [0.25, 0.3) is 11.0 Å². The number of carbonyl (C=O) groups is 1. The summed E-state index contributed by atoms with van der Waals surface area (Å²) in [7, 11) is 0. The second-order valence-electron chi connectivity index (χ2n) is 5.58. The van der Waals surface area contributed by atoms with E-state index in [-0.39, 0.29) is 12.0 Å². The smallest absolute Gasteiger partial charge is 0.308 e. The molecule has 5 heteroatoms. The van der Waals surface area contributed by atoms with E-state index in [4.69, 9.17) is 0 Å². The van der Waals surface area contributed by atoms with Crippen molar-refractivity contribution in [3.63, 3.8) is 0 Å². The molecule has 0 radical (unpaired) electrons. The lowest BCUT2D eigenvalue weighted by atomic mass is 9.95. The number of nitrogens with one attached hydrogen (secondary N) is 1. The quantitative estimate of drug-likeness (QED) is 0.848. The zero-order chi connectivity index (χ0) is 14.7. The average Bonchev–Trinajstić information content (AvgIpc) is 2.72. The Morgan fingerprint density at radius 3 is 2.71 bits per heavy atom. The molecule has 1 saturated carbocycles. The van der Waals surface area contributed by atoms with E-state index in [9.17, 15) is 9.90 Å². The maximum atomic E-state index is 11.4. The van der Waals surface area contributed by atoms with Crippen LogP contribution in [0.5, 0.6) is 0 Å². The van der Waals surface area contributed by atoms with Crippen molar-refractivity contribution < 1.29 is 9.90 Å². The van der Waals surface area contributed by atoms with E-state index in [1.807, 2.05) is 24.3 Å². The molecule has 2 aromatic rings. The number of carboxylic acid groups (broad SMARTS) is 1. The van der Waals surface area contributed by atoms with Gasteiger partial charge >= 0.3 is 5.97 Å². The molecule has 2 atom stereocenters. The summed E-state index contributed by atoms with van der Waals surface area (Å²) in [6.45, 7) is 0. The number of benzene rings is 1. The summed E-state index contributed by atoms with van der Waals surface area (Å²) >= 11 is 0. The summed E-state index contributed by atoms with van der Waals surface area (Å²) in [5, 5.41) is 12.7. The number of nitrogens with zero attached hydrogens (tertiary/aromatic N) is 2. The standard InChI is InChI=1S/C16H19N3O2/c20-16(21)11-6-2-1-3-7-12(11)18-15-10-17-13-8-4-5-9-14(13)19-15/h4-5,8-12H,1-3,6-7H2,(H,18,19)(H,20,21). The van der Waals surface area contributed by atoms with Crippen molar-refractivity contribution >= 4 is 22.8 Å². The van der Waals surface area contributed by atoms with E-state index in [0.717, 1.165) is 43.1 Å². The molecule has 1 aromatic carbocycles. The Bertz CT molecular complexity index is 644. The molecule has 0 bridgehead atoms. The molecule has 3 rings (SSSR count). The molecule has 1 heterocycles. The fraction of sp³-hybridized carbons (Fsp3) is 0.438. The van der Waals surface area contributed by atoms with Gasteiger partial charge in [-0.2, -0.15) is 0 Å². The van der Waals surface area contributed by atoms with Crippen molar-refractivity contribution in [3.8, 4) is 0 Å². The van der Waals surface area contributed by atoms with Crippen molar-refractivity contribution in [2.45, 2.75) is 38.1 Å². The van der Waals surface area contributed by atoms with Crippen molar-refractivity contribution in [2.75, 3.05) is 5.32 Å². The van der Waals surface area contributed by atoms with Crippen molar-refractivity contribution in [1.29, 1.82) is 0 Å². The van der Waals surface area contributed by atoms with Gasteiger partial charge in [-0.1, -0.05) is 31.4 Å². The van der Waals surface area contributed by atoms with E-state index in [1.165, 1.54) is 0 Å². The molecule has 1 aromatic heterocycles. The van der Waals surface area contributed by atoms with Gasteiger partial charge < -0.3 is 10.4 Å². The summed E-state index contributed by atoms with van der Waals surface area (Å²) in [6.07, 6.45) is 6.43. The highest BCUT2D eigenvalue weighted by atomic mass is 16.4. The van der Waals surface area contributed by atoms with E-state index in [1.54, 1.807) is 6.20 Å². The predicted octanol–water partition coefficient (Wildman–Crippen LogP) is 3.08. The molecule has 2 N–H and O–H groups in total. The highest BCUT2D eigenvalue weighted by Crippen LogP contribution is 2.26. The van der Waals surface area contributed by atoms with Crippen LogP contribution in [0, 0.1) is 5.92 Å². The molecule has 5 nitrogen and oxygen atoms in total. The predicted molar refractivity (Wildman–Crippen MR) is 81.2 cm³/mol. The molecular formula is C16H19N3O2. The van der Waals surface area contributed by atoms with Crippen LogP contribution in [0.4, 0.5) is 5.82 Å². The van der Waals surface area contributed by atoms with Crippen LogP contribution in [-0.2, 0) is 4.79 Å². The number of aromatic nitrogens is 2. The third-order valence-electron chi connectivity index (χ3n) is 4.11. The number of para-hydroxylation sites is 2. The van der Waals surface area contributed by atoms with Gasteiger partial charge in [0.05, 0.1) is 23.1 Å². The lowest BCUT2D eigenvalue weighted by Crippen LogP contribution is -2.34. The van der Waals surface area contributed by atoms with Gasteiger partial charge in [0, 0.05) is 6.04 Å². The minimum absolute atomic E-state index is 0.0690. The van der Waals surface area contributed by atoms with E-state index >= 15 is 0 Å². The number of carboxylic acids is 1. The highest BCUT2D eigenvalue weighted by Gasteiger charge is 2.29. The van der Waals surface area contributed by atoms with Gasteiger partial charge in [-0.3, -0.25) is 9.78 Å². The summed E-state index contributed by atoms with van der Waals surface area (Å²) in [5.74, 6) is -0.407. The first-order valence-electron chi connectivity index (χ1n) is 7.45. The largest absolute Gasteiger partial charge is 0.481 e. The van der Waals surface area contributed by atoms with Gasteiger partial charge in [-0.15, -0.1) is 0 Å². The van der Waals surface area contributed by atoms with Gasteiger partial charge in [0.2, 0.25) is 0 Å². The Balaban J connectivity index is 1.83. The van der Waals surface area contributed by atoms with Crippen LogP contribution in [-0.4, -0.2) is 27.1 Å². The van der Waals surface area contributed by atoms with Crippen LogP contribution in [0.15, 0.2) is 30.5 Å². The van der Waals surface area contributed by atoms with Crippen molar-refractivity contribution in [2.24, 2.45) is 5.92 Å². The number of fused-ring (bicyclic) bond motifs is 1. The molecule has 0 spiro atoms. The Labute approximate surface area is 123 Å². The summed E-state index contributed by atoms with van der Waals surface area (Å²) in [6, 6.07) is 7.61. The minimum atomic E-state index is -0.719. The number of anilines is 1. The van der Waals surface area contributed by atoms with Crippen LogP contribution >= 0.6 is 0 Å². The number of rotatable bonds is 3. The van der Waals surface area contributed by atoms with Gasteiger partial charge in [0.25, 0.3) is 0 Å². The monoisotopic (exact) mass is 285 g/mol. The Morgan fingerprint density at radius 1 is 1.14 bits per heavy atom. The zero-order valence-electron chi connectivity index (χ0n) is 11.8. The van der Waals surface area contributed by atoms with Crippen LogP contribution < -0.4 is 5.32 Å². The summed E-state index contributed by atoms with van der Waals surface area (Å²) in [5.41, 5.74) is 1.67. The van der Waals surface area contributed by atoms with E-state index in [2.05, 4.69) is 15.3 Å². The Kier molecular flexibility index (Phi) is 3.99. The SMILES string of the molecule is O=C(O)C1CCCCCC1Nc1cnc2ccccc2n1. The minimum Gasteiger partial charge on any atom is -0.481 e. The molecule has 0 saturated heterocycles.